The first-order valence-electron chi connectivity index (χ1n) is 7.60. The normalized spacial score (nSPS) is 26.6. The van der Waals surface area contributed by atoms with Gasteiger partial charge in [-0.2, -0.15) is 0 Å². The van der Waals surface area contributed by atoms with Gasteiger partial charge >= 0.3 is 0 Å². The molecule has 2 saturated heterocycles. The van der Waals surface area contributed by atoms with Crippen molar-refractivity contribution in [3.8, 4) is 0 Å². The van der Waals surface area contributed by atoms with Crippen molar-refractivity contribution in [2.45, 2.75) is 51.0 Å². The van der Waals surface area contributed by atoms with Crippen LogP contribution in [-0.2, 0) is 14.3 Å². The summed E-state index contributed by atoms with van der Waals surface area (Å²) < 4.78 is 11.3. The zero-order valence-corrected chi connectivity index (χ0v) is 12.3. The van der Waals surface area contributed by atoms with Gasteiger partial charge in [-0.1, -0.05) is 6.92 Å². The van der Waals surface area contributed by atoms with E-state index in [0.29, 0.717) is 6.42 Å². The molecule has 1 unspecified atom stereocenters. The van der Waals surface area contributed by atoms with Crippen molar-refractivity contribution in [2.75, 3.05) is 33.4 Å². The number of methoxy groups -OCH3 is 1. The lowest BCUT2D eigenvalue weighted by atomic mass is 9.78. The number of carbonyl (C=O) groups is 1. The van der Waals surface area contributed by atoms with Crippen LogP contribution in [0.4, 0.5) is 0 Å². The third-order valence-electron chi connectivity index (χ3n) is 4.66. The first kappa shape index (κ1) is 14.8. The van der Waals surface area contributed by atoms with Crippen molar-refractivity contribution < 1.29 is 14.3 Å². The number of hydrogen-bond donors (Lipinski definition) is 0. The fourth-order valence-corrected chi connectivity index (χ4v) is 3.40. The molecule has 0 aromatic rings. The second kappa shape index (κ2) is 6.71. The second-order valence-corrected chi connectivity index (χ2v) is 5.91. The zero-order valence-electron chi connectivity index (χ0n) is 12.3. The van der Waals surface area contributed by atoms with Crippen LogP contribution in [0, 0.1) is 5.92 Å². The van der Waals surface area contributed by atoms with Crippen molar-refractivity contribution in [1.29, 1.82) is 0 Å². The molecule has 0 bridgehead atoms. The Morgan fingerprint density at radius 2 is 2.16 bits per heavy atom. The molecule has 4 nitrogen and oxygen atoms in total. The summed E-state index contributed by atoms with van der Waals surface area (Å²) in [6.07, 6.45) is 6.06. The molecule has 2 fully saturated rings. The molecule has 0 aromatic carbocycles. The predicted molar refractivity (Wildman–Crippen MR) is 74.0 cm³/mol. The van der Waals surface area contributed by atoms with Gasteiger partial charge in [-0.25, -0.2) is 0 Å². The molecule has 2 heterocycles. The minimum Gasteiger partial charge on any atom is -0.385 e. The molecule has 2 rings (SSSR count). The van der Waals surface area contributed by atoms with Gasteiger partial charge in [-0.05, 0) is 38.0 Å². The summed E-state index contributed by atoms with van der Waals surface area (Å²) in [5.41, 5.74) is 0.0428. The quantitative estimate of drug-likeness (QED) is 0.785. The first-order chi connectivity index (χ1) is 9.19. The third kappa shape index (κ3) is 3.69. The van der Waals surface area contributed by atoms with Gasteiger partial charge in [-0.3, -0.25) is 4.79 Å². The fourth-order valence-electron chi connectivity index (χ4n) is 3.40. The topological polar surface area (TPSA) is 38.8 Å². The molecule has 0 aromatic heterocycles. The van der Waals surface area contributed by atoms with Gasteiger partial charge < -0.3 is 14.4 Å². The summed E-state index contributed by atoms with van der Waals surface area (Å²) in [7, 11) is 1.77. The molecule has 110 valence electrons. The minimum absolute atomic E-state index is 0.0428. The van der Waals surface area contributed by atoms with Crippen LogP contribution >= 0.6 is 0 Å². The second-order valence-electron chi connectivity index (χ2n) is 5.91. The number of amides is 1. The zero-order chi connectivity index (χ0) is 13.7. The van der Waals surface area contributed by atoms with E-state index in [-0.39, 0.29) is 11.5 Å². The number of carbonyl (C=O) groups excluding carboxylic acids is 1. The maximum absolute atomic E-state index is 11.7. The van der Waals surface area contributed by atoms with E-state index >= 15 is 0 Å². The number of piperidine rings is 1. The Morgan fingerprint density at radius 3 is 2.79 bits per heavy atom. The maximum Gasteiger partial charge on any atom is 0.222 e. The van der Waals surface area contributed by atoms with E-state index < -0.39 is 0 Å². The summed E-state index contributed by atoms with van der Waals surface area (Å²) in [5.74, 6) is 1.00. The minimum atomic E-state index is 0.0428. The number of ether oxygens (including phenoxy) is 2. The summed E-state index contributed by atoms with van der Waals surface area (Å²) in [6, 6.07) is 0. The number of nitrogens with zero attached hydrogens (tertiary/aromatic N) is 1. The summed E-state index contributed by atoms with van der Waals surface area (Å²) in [5, 5.41) is 0. The molecule has 19 heavy (non-hydrogen) atoms. The van der Waals surface area contributed by atoms with Crippen LogP contribution in [-0.4, -0.2) is 49.8 Å². The standard InChI is InChI=1S/C15H27NO3/c1-3-14(17)16-8-6-15(7-9-16)12-13(4-10-18-2)5-11-19-15/h13H,3-12H2,1-2H3. The van der Waals surface area contributed by atoms with Gasteiger partial charge in [0.05, 0.1) is 5.60 Å². The highest BCUT2D eigenvalue weighted by atomic mass is 16.5. The molecule has 0 N–H and O–H groups in total. The Hall–Kier alpha value is -0.610. The van der Waals surface area contributed by atoms with Crippen LogP contribution in [0.5, 0.6) is 0 Å². The van der Waals surface area contributed by atoms with E-state index in [1.807, 2.05) is 11.8 Å². The van der Waals surface area contributed by atoms with E-state index in [2.05, 4.69) is 0 Å². The summed E-state index contributed by atoms with van der Waals surface area (Å²) in [4.78, 5) is 13.7. The molecule has 0 saturated carbocycles. The average Bonchev–Trinajstić information content (AvgIpc) is 2.45. The van der Waals surface area contributed by atoms with Crippen LogP contribution < -0.4 is 0 Å². The monoisotopic (exact) mass is 269 g/mol. The van der Waals surface area contributed by atoms with Gasteiger partial charge in [0.1, 0.15) is 0 Å². The van der Waals surface area contributed by atoms with E-state index in [1.54, 1.807) is 7.11 Å². The van der Waals surface area contributed by atoms with Crippen molar-refractivity contribution in [2.24, 2.45) is 5.92 Å². The Morgan fingerprint density at radius 1 is 1.42 bits per heavy atom. The van der Waals surface area contributed by atoms with Gasteiger partial charge in [-0.15, -0.1) is 0 Å². The largest absolute Gasteiger partial charge is 0.385 e. The molecule has 2 aliphatic rings. The molecular formula is C15H27NO3. The van der Waals surface area contributed by atoms with E-state index in [9.17, 15) is 4.79 Å². The molecular weight excluding hydrogens is 242 g/mol. The number of likely N-dealkylation sites (tertiary alicyclic amines) is 1. The predicted octanol–water partition coefficient (Wildman–Crippen LogP) is 2.22. The lowest BCUT2D eigenvalue weighted by Crippen LogP contribution is -2.50. The Kier molecular flexibility index (Phi) is 5.22. The fraction of sp³-hybridized carbons (Fsp3) is 0.933. The smallest absolute Gasteiger partial charge is 0.222 e. The van der Waals surface area contributed by atoms with Crippen LogP contribution in [0.15, 0.2) is 0 Å². The molecule has 1 amide bonds. The molecule has 1 spiro atoms. The Labute approximate surface area is 116 Å². The molecule has 1 atom stereocenters. The van der Waals surface area contributed by atoms with Crippen LogP contribution in [0.2, 0.25) is 0 Å². The SMILES string of the molecule is CCC(=O)N1CCC2(CC1)CC(CCOC)CCO2. The van der Waals surface area contributed by atoms with Crippen molar-refractivity contribution in [3.63, 3.8) is 0 Å². The van der Waals surface area contributed by atoms with Crippen molar-refractivity contribution in [1.82, 2.24) is 4.90 Å². The van der Waals surface area contributed by atoms with Crippen LogP contribution in [0.1, 0.15) is 45.4 Å². The summed E-state index contributed by atoms with van der Waals surface area (Å²) >= 11 is 0. The molecule has 0 aliphatic carbocycles. The number of hydrogen-bond acceptors (Lipinski definition) is 3. The van der Waals surface area contributed by atoms with Gasteiger partial charge in [0.25, 0.3) is 0 Å². The van der Waals surface area contributed by atoms with Gasteiger partial charge in [0.2, 0.25) is 5.91 Å². The average molecular weight is 269 g/mol. The van der Waals surface area contributed by atoms with E-state index in [1.165, 1.54) is 0 Å². The Bertz CT molecular complexity index is 298. The lowest BCUT2D eigenvalue weighted by Gasteiger charge is -2.46. The first-order valence-corrected chi connectivity index (χ1v) is 7.60. The highest BCUT2D eigenvalue weighted by molar-refractivity contribution is 5.75. The van der Waals surface area contributed by atoms with Crippen LogP contribution in [0.25, 0.3) is 0 Å². The van der Waals surface area contributed by atoms with Gasteiger partial charge in [0, 0.05) is 39.8 Å². The molecule has 2 aliphatic heterocycles. The van der Waals surface area contributed by atoms with E-state index in [4.69, 9.17) is 9.47 Å². The molecule has 0 radical (unpaired) electrons. The maximum atomic E-state index is 11.7. The highest BCUT2D eigenvalue weighted by Crippen LogP contribution is 2.38. The third-order valence-corrected chi connectivity index (χ3v) is 4.66. The highest BCUT2D eigenvalue weighted by Gasteiger charge is 2.40. The number of rotatable bonds is 4. The Balaban J connectivity index is 1.85. The molecule has 4 heteroatoms. The lowest BCUT2D eigenvalue weighted by molar-refractivity contribution is -0.147. The van der Waals surface area contributed by atoms with E-state index in [0.717, 1.165) is 64.3 Å². The van der Waals surface area contributed by atoms with Crippen molar-refractivity contribution >= 4 is 5.91 Å². The summed E-state index contributed by atoms with van der Waals surface area (Å²) in [6.45, 7) is 5.38. The van der Waals surface area contributed by atoms with Gasteiger partial charge in [0.15, 0.2) is 0 Å². The van der Waals surface area contributed by atoms with Crippen LogP contribution in [0.3, 0.4) is 0 Å². The van der Waals surface area contributed by atoms with Crippen molar-refractivity contribution in [3.05, 3.63) is 0 Å².